The fourth-order valence-corrected chi connectivity index (χ4v) is 19.1. The fourth-order valence-electron chi connectivity index (χ4n) is 13.7. The summed E-state index contributed by atoms with van der Waals surface area (Å²) in [5.41, 5.74) is 13.6. The van der Waals surface area contributed by atoms with E-state index in [-0.39, 0.29) is 18.4 Å². The maximum atomic E-state index is 14.8. The number of nitrogens with one attached hydrogen (secondary N) is 4. The molecule has 0 saturated carbocycles. The van der Waals surface area contributed by atoms with Crippen LogP contribution < -0.4 is 31.1 Å². The lowest BCUT2D eigenvalue weighted by molar-refractivity contribution is -0.118. The van der Waals surface area contributed by atoms with E-state index >= 15 is 0 Å². The Bertz CT molecular complexity index is 5920. The molecular weight excluding hydrogens is 1450 g/mol. The molecule has 8 aromatic heterocycles. The van der Waals surface area contributed by atoms with E-state index in [2.05, 4.69) is 79.3 Å². The number of aryl methyl sites for hydroxylation is 1. The van der Waals surface area contributed by atoms with Gasteiger partial charge in [-0.1, -0.05) is 181 Å². The van der Waals surface area contributed by atoms with Crippen LogP contribution in [0.3, 0.4) is 0 Å². The predicted molar refractivity (Wildman–Crippen MR) is 439 cm³/mol. The van der Waals surface area contributed by atoms with Crippen LogP contribution in [-0.4, -0.2) is 90.4 Å². The number of hydrogen-bond acceptors (Lipinski definition) is 18. The topological polar surface area (TPSA) is 244 Å². The summed E-state index contributed by atoms with van der Waals surface area (Å²) in [5.74, 6) is -1.75. The van der Waals surface area contributed by atoms with Crippen LogP contribution in [0.15, 0.2) is 302 Å². The quantitative estimate of drug-likeness (QED) is 0.0523. The summed E-state index contributed by atoms with van der Waals surface area (Å²) >= 11 is 6.52. The monoisotopic (exact) mass is 1510 g/mol. The van der Waals surface area contributed by atoms with Crippen LogP contribution in [0.5, 0.6) is 0 Å². The lowest BCUT2D eigenvalue weighted by Crippen LogP contribution is -2.53. The van der Waals surface area contributed by atoms with Gasteiger partial charge < -0.3 is 21.3 Å². The molecule has 22 heteroatoms. The molecule has 4 N–H and O–H groups in total. The van der Waals surface area contributed by atoms with Crippen LogP contribution in [-0.2, 0) is 27.2 Å². The second-order valence-corrected chi connectivity index (χ2v) is 31.3. The number of thiazole rings is 2. The van der Waals surface area contributed by atoms with Crippen LogP contribution in [0, 0.1) is 6.92 Å². The first-order chi connectivity index (χ1) is 53.9. The van der Waals surface area contributed by atoms with Crippen molar-refractivity contribution in [3.05, 3.63) is 346 Å². The second-order valence-electron chi connectivity index (χ2n) is 26.5. The number of amides is 4. The molecule has 14 aromatic rings. The molecule has 534 valence electrons. The summed E-state index contributed by atoms with van der Waals surface area (Å²) in [4.78, 5) is 110. The number of pyridine rings is 6. The van der Waals surface area contributed by atoms with Crippen LogP contribution in [0.4, 0.5) is 11.4 Å². The Morgan fingerprint density at radius 3 is 1.22 bits per heavy atom. The minimum Gasteiger partial charge on any atom is -0.340 e. The molecule has 2 unspecified atom stereocenters. The van der Waals surface area contributed by atoms with Gasteiger partial charge in [-0.15, -0.1) is 22.7 Å². The van der Waals surface area contributed by atoms with Crippen molar-refractivity contribution in [1.82, 2.24) is 50.5 Å². The number of hydrogen-bond donors (Lipinski definition) is 4. The maximum Gasteiger partial charge on any atom is 0.252 e. The highest BCUT2D eigenvalue weighted by Gasteiger charge is 2.65. The van der Waals surface area contributed by atoms with Crippen molar-refractivity contribution < 1.29 is 19.2 Å². The van der Waals surface area contributed by atoms with Gasteiger partial charge in [0.15, 0.2) is 0 Å². The van der Waals surface area contributed by atoms with E-state index in [0.29, 0.717) is 62.5 Å². The van der Waals surface area contributed by atoms with Crippen molar-refractivity contribution in [3.63, 3.8) is 0 Å². The van der Waals surface area contributed by atoms with Gasteiger partial charge in [-0.3, -0.25) is 39.1 Å². The number of rotatable bonds is 21. The molecule has 18 nitrogen and oxygen atoms in total. The second kappa shape index (κ2) is 30.4. The van der Waals surface area contributed by atoms with Gasteiger partial charge in [0.05, 0.1) is 71.9 Å². The van der Waals surface area contributed by atoms with Gasteiger partial charge in [-0.05, 0) is 134 Å². The number of carbonyl (C=O) groups is 4. The largest absolute Gasteiger partial charge is 0.340 e. The highest BCUT2D eigenvalue weighted by atomic mass is 32.2. The van der Waals surface area contributed by atoms with Gasteiger partial charge in [-0.2, -0.15) is 0 Å². The molecule has 0 saturated heterocycles. The number of thioether (sulfide) groups is 2. The molecule has 6 aromatic carbocycles. The van der Waals surface area contributed by atoms with Crippen molar-refractivity contribution in [2.24, 2.45) is 9.98 Å². The number of aliphatic imine (C=N–C) groups is 2. The van der Waals surface area contributed by atoms with Crippen LogP contribution >= 0.6 is 46.2 Å². The van der Waals surface area contributed by atoms with Crippen molar-refractivity contribution in [2.45, 2.75) is 48.3 Å². The number of fused-ring (bicyclic) bond motifs is 4. The Morgan fingerprint density at radius 2 is 0.773 bits per heavy atom. The minimum atomic E-state index is -1.01. The SMILES string of the molecule is Cc1sc(-c2ccc(NC(=O)[C@H](Cc3ccccc3)NC(=O)c3cc(-c4ccccn4)nc(-c4ccccn4)c3)cc2)nc1C12SC(c3ccccc3)=NC1=c1nc(-c3ccccc3)sc1=C1N=C(c3ccc(NC(=O)[C@H](Cc4ccccc4)NC(=O)c4cc(-c5ccccn5)nc(-c5ccccn5)c4)cc3)SC12C. The zero-order chi connectivity index (χ0) is 74.7. The summed E-state index contributed by atoms with van der Waals surface area (Å²) in [6.07, 6.45) is 7.11. The molecule has 0 radical (unpaired) electrons. The molecule has 10 heterocycles. The summed E-state index contributed by atoms with van der Waals surface area (Å²) in [7, 11) is 0. The van der Waals surface area contributed by atoms with Gasteiger partial charge >= 0.3 is 0 Å². The van der Waals surface area contributed by atoms with E-state index in [4.69, 9.17) is 29.9 Å². The van der Waals surface area contributed by atoms with Crippen LogP contribution in [0.1, 0.15) is 60.5 Å². The minimum absolute atomic E-state index is 0.207. The Hall–Kier alpha value is -12.9. The van der Waals surface area contributed by atoms with Gasteiger partial charge in [0.1, 0.15) is 42.3 Å². The van der Waals surface area contributed by atoms with Crippen molar-refractivity contribution in [3.8, 4) is 66.7 Å². The standard InChI is InChI=1S/C88H64N14O4S4/c1-53-76(100-84(107-53)58-35-39-62(40-36-58)93-81(105)72(47-54-23-7-3-8-24-54)97-79(103)60-49-68(64-31-15-19-43-89-64)95-69(50-60)65-32-16-20-44-90-65)88-77(101-86(110-88)57-29-13-6-14-30-57)74-75(108-83(99-74)56-27-11-5-12-28-56)78-87(88,2)109-85(102-78)59-37-41-63(42-38-59)94-82(106)73(48-55-25-9-4-10-26-55)98-80(104)61-51-70(66-33-17-21-45-91-66)96-71(52-61)67-34-18-22-46-92-67/h3-46,49-52,72-73H,47-48H2,1-2H3,(H,93,105)(H,94,106)(H,97,103)(H,98,104)/t72-,73-,87?,88?/m0/s1. The van der Waals surface area contributed by atoms with Crippen molar-refractivity contribution >= 4 is 103 Å². The average molecular weight is 1510 g/mol. The first-order valence-electron chi connectivity index (χ1n) is 35.5. The van der Waals surface area contributed by atoms with Gasteiger partial charge in [0.2, 0.25) is 11.8 Å². The lowest BCUT2D eigenvalue weighted by atomic mass is 9.80. The van der Waals surface area contributed by atoms with Gasteiger partial charge in [-0.25, -0.2) is 29.9 Å². The van der Waals surface area contributed by atoms with Gasteiger partial charge in [0, 0.05) is 87.3 Å². The van der Waals surface area contributed by atoms with E-state index in [1.165, 1.54) is 0 Å². The summed E-state index contributed by atoms with van der Waals surface area (Å²) in [6, 6.07) is 81.6. The molecule has 17 rings (SSSR count). The summed E-state index contributed by atoms with van der Waals surface area (Å²) < 4.78 is -0.964. The Balaban J connectivity index is 0.677. The molecule has 0 fully saturated rings. The van der Waals surface area contributed by atoms with Crippen molar-refractivity contribution in [2.75, 3.05) is 10.6 Å². The smallest absolute Gasteiger partial charge is 0.252 e. The third kappa shape index (κ3) is 14.1. The molecule has 0 spiro atoms. The predicted octanol–water partition coefficient (Wildman–Crippen LogP) is 15.5. The lowest BCUT2D eigenvalue weighted by Gasteiger charge is -2.43. The van der Waals surface area contributed by atoms with E-state index in [1.54, 1.807) is 95.3 Å². The molecule has 4 atom stereocenters. The van der Waals surface area contributed by atoms with E-state index in [0.717, 1.165) is 85.3 Å². The third-order valence-corrected chi connectivity index (χ3v) is 24.5. The average Bonchev–Trinajstić information content (AvgIpc) is 1.50. The highest BCUT2D eigenvalue weighted by molar-refractivity contribution is 8.20. The Kier molecular flexibility index (Phi) is 19.4. The normalized spacial score (nSPS) is 15.9. The Morgan fingerprint density at radius 1 is 0.391 bits per heavy atom. The molecular formula is C88H64N14O4S4. The first-order valence-corrected chi connectivity index (χ1v) is 38.8. The highest BCUT2D eigenvalue weighted by Crippen LogP contribution is 2.68. The van der Waals surface area contributed by atoms with Crippen molar-refractivity contribution in [1.29, 1.82) is 0 Å². The fraction of sp³-hybridized carbons (Fsp3) is 0.0909. The van der Waals surface area contributed by atoms with Crippen LogP contribution in [0.25, 0.3) is 78.1 Å². The summed E-state index contributed by atoms with van der Waals surface area (Å²) in [6.45, 7) is 4.37. The van der Waals surface area contributed by atoms with E-state index < -0.39 is 45.2 Å². The molecule has 2 aliphatic heterocycles. The number of anilines is 2. The number of nitrogens with zero attached hydrogens (tertiary/aromatic N) is 10. The molecule has 4 amide bonds. The Labute approximate surface area is 649 Å². The number of carbonyl (C=O) groups excluding carboxylic acids is 4. The zero-order valence-corrected chi connectivity index (χ0v) is 62.3. The van der Waals surface area contributed by atoms with E-state index in [1.807, 2.05) is 218 Å². The zero-order valence-electron chi connectivity index (χ0n) is 59.0. The number of aromatic nitrogens is 8. The van der Waals surface area contributed by atoms with Crippen LogP contribution in [0.2, 0.25) is 0 Å². The maximum absolute atomic E-state index is 14.8. The molecule has 1 aliphatic carbocycles. The summed E-state index contributed by atoms with van der Waals surface area (Å²) in [5, 5.41) is 16.3. The molecule has 0 bridgehead atoms. The molecule has 110 heavy (non-hydrogen) atoms. The van der Waals surface area contributed by atoms with E-state index in [9.17, 15) is 19.2 Å². The van der Waals surface area contributed by atoms with Gasteiger partial charge in [0.25, 0.3) is 11.8 Å². The number of benzene rings is 6. The molecule has 3 aliphatic rings. The first kappa shape index (κ1) is 70.1. The third-order valence-electron chi connectivity index (χ3n) is 19.2.